The molecule has 128 valence electrons. The lowest BCUT2D eigenvalue weighted by molar-refractivity contribution is 0.210. The van der Waals surface area contributed by atoms with Gasteiger partial charge in [0.1, 0.15) is 12.4 Å². The van der Waals surface area contributed by atoms with Gasteiger partial charge in [0.25, 0.3) is 0 Å². The lowest BCUT2D eigenvalue weighted by Gasteiger charge is -2.19. The maximum absolute atomic E-state index is 10.7. The molecular weight excluding hydrogens is 323 g/mol. The number of aliphatic hydroxyl groups is 1. The first-order valence-corrected chi connectivity index (χ1v) is 8.30. The molecule has 2 rings (SSSR count). The topological polar surface area (TPSA) is 80.2 Å². The number of aliphatic hydroxyl groups excluding tert-OH is 1. The van der Waals surface area contributed by atoms with Crippen LogP contribution in [0, 0.1) is 0 Å². The summed E-state index contributed by atoms with van der Waals surface area (Å²) in [6.07, 6.45) is 5.06. The van der Waals surface area contributed by atoms with Crippen molar-refractivity contribution in [3.05, 3.63) is 47.2 Å². The summed E-state index contributed by atoms with van der Waals surface area (Å²) in [5.74, 6) is 0.402. The Bertz CT molecular complexity index is 749. The molecule has 0 saturated heterocycles. The van der Waals surface area contributed by atoms with Gasteiger partial charge < -0.3 is 15.2 Å². The van der Waals surface area contributed by atoms with Crippen molar-refractivity contribution in [2.45, 2.75) is 26.4 Å². The predicted molar refractivity (Wildman–Crippen MR) is 98.3 cm³/mol. The number of nitrogens with zero attached hydrogens (tertiary/aromatic N) is 3. The highest BCUT2D eigenvalue weighted by molar-refractivity contribution is 7.27. The van der Waals surface area contributed by atoms with E-state index in [4.69, 9.17) is 4.74 Å². The zero-order valence-corrected chi connectivity index (χ0v) is 15.5. The molecule has 7 heteroatoms. The molecule has 2 aromatic rings. The summed E-state index contributed by atoms with van der Waals surface area (Å²) in [6.45, 7) is 4.06. The summed E-state index contributed by atoms with van der Waals surface area (Å²) < 4.78 is 5.10. The van der Waals surface area contributed by atoms with Crippen molar-refractivity contribution >= 4 is 20.2 Å². The van der Waals surface area contributed by atoms with Crippen LogP contribution in [-0.4, -0.2) is 34.2 Å². The molecule has 0 saturated carbocycles. The van der Waals surface area contributed by atoms with Gasteiger partial charge in [-0.25, -0.2) is 9.97 Å². The van der Waals surface area contributed by atoms with Crippen LogP contribution in [0.15, 0.2) is 24.7 Å². The number of nitrogens with one attached hydrogen (secondary N) is 1. The second-order valence-corrected chi connectivity index (χ2v) is 5.73. The quantitative estimate of drug-likeness (QED) is 0.774. The van der Waals surface area contributed by atoms with Crippen molar-refractivity contribution in [2.24, 2.45) is 0 Å². The van der Waals surface area contributed by atoms with E-state index in [1.165, 1.54) is 13.4 Å². The molecule has 2 atom stereocenters. The van der Waals surface area contributed by atoms with Gasteiger partial charge in [0, 0.05) is 35.9 Å². The van der Waals surface area contributed by atoms with Crippen LogP contribution in [-0.2, 0) is 6.42 Å². The van der Waals surface area contributed by atoms with E-state index >= 15 is 0 Å². The van der Waals surface area contributed by atoms with Crippen LogP contribution in [0.2, 0.25) is 0 Å². The Morgan fingerprint density at radius 2 is 2.17 bits per heavy atom. The smallest absolute Gasteiger partial charge is 0.216 e. The molecule has 0 radical (unpaired) electrons. The molecule has 2 aromatic heterocycles. The maximum Gasteiger partial charge on any atom is 0.216 e. The van der Waals surface area contributed by atoms with E-state index in [1.807, 2.05) is 20.0 Å². The number of ether oxygens (including phenoxy) is 1. The van der Waals surface area contributed by atoms with Crippen LogP contribution in [0.3, 0.4) is 0 Å². The van der Waals surface area contributed by atoms with Gasteiger partial charge in [-0.15, -0.1) is 9.24 Å². The van der Waals surface area contributed by atoms with E-state index in [1.54, 1.807) is 12.3 Å². The van der Waals surface area contributed by atoms with Gasteiger partial charge in [0.15, 0.2) is 0 Å². The van der Waals surface area contributed by atoms with Gasteiger partial charge in [-0.05, 0) is 18.9 Å². The Labute approximate surface area is 144 Å². The van der Waals surface area contributed by atoms with Crippen LogP contribution < -0.4 is 15.4 Å². The third kappa shape index (κ3) is 3.55. The standard InChI is InChI=1S/C17H23N4O2P/c1-5-10-8-19-15(17(24)14(10)11(6-2)18-3)16(22)12-7-13(23-4)21-9-20-12/h6-9,16,18,22H,5,24H2,1-4H3/b11-6+. The van der Waals surface area contributed by atoms with Crippen molar-refractivity contribution < 1.29 is 9.84 Å². The maximum atomic E-state index is 10.7. The first-order valence-electron chi connectivity index (χ1n) is 7.72. The van der Waals surface area contributed by atoms with Crippen LogP contribution in [0.1, 0.15) is 42.5 Å². The molecule has 0 spiro atoms. The van der Waals surface area contributed by atoms with Crippen molar-refractivity contribution in [2.75, 3.05) is 14.2 Å². The second-order valence-electron chi connectivity index (χ2n) is 5.15. The van der Waals surface area contributed by atoms with Crippen LogP contribution in [0.5, 0.6) is 5.88 Å². The van der Waals surface area contributed by atoms with Gasteiger partial charge >= 0.3 is 0 Å². The molecule has 6 nitrogen and oxygen atoms in total. The minimum absolute atomic E-state index is 0.402. The Morgan fingerprint density at radius 3 is 2.75 bits per heavy atom. The fourth-order valence-corrected chi connectivity index (χ4v) is 3.13. The van der Waals surface area contributed by atoms with E-state index in [0.717, 1.165) is 28.5 Å². The molecular formula is C17H23N4O2P. The summed E-state index contributed by atoms with van der Waals surface area (Å²) in [5.41, 5.74) is 4.13. The van der Waals surface area contributed by atoms with E-state index in [2.05, 4.69) is 36.4 Å². The summed E-state index contributed by atoms with van der Waals surface area (Å²) in [7, 11) is 6.10. The molecule has 0 bridgehead atoms. The molecule has 0 aliphatic rings. The summed E-state index contributed by atoms with van der Waals surface area (Å²) in [6, 6.07) is 1.61. The van der Waals surface area contributed by atoms with Crippen LogP contribution >= 0.6 is 9.24 Å². The Balaban J connectivity index is 2.56. The Hall–Kier alpha value is -2.04. The molecule has 2 unspecified atom stereocenters. The van der Waals surface area contributed by atoms with Gasteiger partial charge in [0.05, 0.1) is 18.5 Å². The molecule has 0 fully saturated rings. The lowest BCUT2D eigenvalue weighted by Crippen LogP contribution is -2.21. The highest BCUT2D eigenvalue weighted by atomic mass is 31.0. The van der Waals surface area contributed by atoms with Crippen molar-refractivity contribution in [1.82, 2.24) is 20.3 Å². The lowest BCUT2D eigenvalue weighted by atomic mass is 10.0. The number of aryl methyl sites for hydroxylation is 1. The highest BCUT2D eigenvalue weighted by Crippen LogP contribution is 2.25. The SMILES string of the molecule is C/C=C(/NC)c1c(CC)cnc(C(O)c2cc(OC)ncn2)c1P. The second kappa shape index (κ2) is 8.18. The minimum Gasteiger partial charge on any atom is -0.481 e. The summed E-state index contributed by atoms with van der Waals surface area (Å²) in [4.78, 5) is 12.6. The molecule has 0 aliphatic heterocycles. The predicted octanol–water partition coefficient (Wildman–Crippen LogP) is 1.60. The normalized spacial score (nSPS) is 12.8. The molecule has 0 aliphatic carbocycles. The zero-order valence-electron chi connectivity index (χ0n) is 14.4. The first-order chi connectivity index (χ1) is 11.6. The number of hydrogen-bond acceptors (Lipinski definition) is 6. The van der Waals surface area contributed by atoms with Gasteiger partial charge in [-0.1, -0.05) is 13.0 Å². The third-order valence-electron chi connectivity index (χ3n) is 3.85. The largest absolute Gasteiger partial charge is 0.481 e. The minimum atomic E-state index is -0.964. The summed E-state index contributed by atoms with van der Waals surface area (Å²) >= 11 is 0. The van der Waals surface area contributed by atoms with Crippen molar-refractivity contribution in [3.63, 3.8) is 0 Å². The monoisotopic (exact) mass is 346 g/mol. The fourth-order valence-electron chi connectivity index (χ4n) is 2.56. The third-order valence-corrected chi connectivity index (χ3v) is 4.43. The zero-order chi connectivity index (χ0) is 17.7. The average Bonchev–Trinajstić information content (AvgIpc) is 2.63. The van der Waals surface area contributed by atoms with Crippen molar-refractivity contribution in [1.29, 1.82) is 0 Å². The van der Waals surface area contributed by atoms with Crippen LogP contribution in [0.4, 0.5) is 0 Å². The highest BCUT2D eigenvalue weighted by Gasteiger charge is 2.21. The van der Waals surface area contributed by atoms with Gasteiger partial charge in [-0.3, -0.25) is 4.98 Å². The number of hydrogen-bond donors (Lipinski definition) is 2. The van der Waals surface area contributed by atoms with E-state index in [-0.39, 0.29) is 0 Å². The van der Waals surface area contributed by atoms with E-state index in [0.29, 0.717) is 17.3 Å². The molecule has 2 N–H and O–H groups in total. The van der Waals surface area contributed by atoms with Gasteiger partial charge in [0.2, 0.25) is 5.88 Å². The average molecular weight is 346 g/mol. The summed E-state index contributed by atoms with van der Waals surface area (Å²) in [5, 5.41) is 14.8. The van der Waals surface area contributed by atoms with Crippen molar-refractivity contribution in [3.8, 4) is 5.88 Å². The molecule has 0 amide bonds. The van der Waals surface area contributed by atoms with Crippen LogP contribution in [0.25, 0.3) is 5.70 Å². The number of methoxy groups -OCH3 is 1. The fraction of sp³-hybridized carbons (Fsp3) is 0.353. The van der Waals surface area contributed by atoms with Gasteiger partial charge in [-0.2, -0.15) is 0 Å². The number of pyridine rings is 1. The molecule has 0 aromatic carbocycles. The van der Waals surface area contributed by atoms with E-state index < -0.39 is 6.10 Å². The number of allylic oxidation sites excluding steroid dienone is 1. The number of rotatable bonds is 6. The Morgan fingerprint density at radius 1 is 1.42 bits per heavy atom. The Kier molecular flexibility index (Phi) is 6.23. The molecule has 2 heterocycles. The first kappa shape index (κ1) is 18.3. The number of aromatic nitrogens is 3. The molecule has 24 heavy (non-hydrogen) atoms. The van der Waals surface area contributed by atoms with E-state index in [9.17, 15) is 5.11 Å².